The summed E-state index contributed by atoms with van der Waals surface area (Å²) in [6, 6.07) is 2.80. The summed E-state index contributed by atoms with van der Waals surface area (Å²) >= 11 is 0. The van der Waals surface area contributed by atoms with E-state index in [1.165, 1.54) is 6.07 Å². The van der Waals surface area contributed by atoms with Crippen LogP contribution in [0.5, 0.6) is 0 Å². The van der Waals surface area contributed by atoms with Crippen LogP contribution in [0.15, 0.2) is 17.0 Å². The van der Waals surface area contributed by atoms with Crippen molar-refractivity contribution in [2.45, 2.75) is 24.3 Å². The lowest BCUT2D eigenvalue weighted by atomic mass is 10.1. The standard InChI is InChI=1S/C12H21N3O4S/c1-8-11(15-10(3-4-16)7-19-2)5-9(13)6-12(8)20(14,17)18/h5-6,10,15-16H,3-4,7,13H2,1-2H3,(H2,14,17,18). The van der Waals surface area contributed by atoms with Gasteiger partial charge in [0.15, 0.2) is 0 Å². The van der Waals surface area contributed by atoms with Crippen LogP contribution in [0.2, 0.25) is 0 Å². The van der Waals surface area contributed by atoms with Gasteiger partial charge in [0.25, 0.3) is 0 Å². The number of nitrogens with one attached hydrogen (secondary N) is 1. The molecule has 0 amide bonds. The Bertz CT molecular complexity index is 554. The second-order valence-electron chi connectivity index (χ2n) is 4.55. The van der Waals surface area contributed by atoms with Gasteiger partial charge >= 0.3 is 0 Å². The summed E-state index contributed by atoms with van der Waals surface area (Å²) in [5.74, 6) is 0. The Labute approximate surface area is 119 Å². The van der Waals surface area contributed by atoms with E-state index >= 15 is 0 Å². The van der Waals surface area contributed by atoms with Gasteiger partial charge in [-0.15, -0.1) is 0 Å². The summed E-state index contributed by atoms with van der Waals surface area (Å²) in [5, 5.41) is 17.3. The van der Waals surface area contributed by atoms with Crippen LogP contribution in [0.25, 0.3) is 0 Å². The number of sulfonamides is 1. The highest BCUT2D eigenvalue weighted by molar-refractivity contribution is 7.89. The Morgan fingerprint density at radius 1 is 1.45 bits per heavy atom. The fourth-order valence-corrected chi connectivity index (χ4v) is 2.77. The lowest BCUT2D eigenvalue weighted by Crippen LogP contribution is -2.27. The van der Waals surface area contributed by atoms with Gasteiger partial charge in [-0.05, 0) is 31.0 Å². The van der Waals surface area contributed by atoms with Crippen LogP contribution >= 0.6 is 0 Å². The van der Waals surface area contributed by atoms with Gasteiger partial charge in [0.05, 0.1) is 17.5 Å². The van der Waals surface area contributed by atoms with Crippen molar-refractivity contribution < 1.29 is 18.3 Å². The number of hydrogen-bond donors (Lipinski definition) is 4. The maximum atomic E-state index is 11.5. The van der Waals surface area contributed by atoms with Crippen LogP contribution < -0.4 is 16.2 Å². The average Bonchev–Trinajstić information content (AvgIpc) is 2.32. The van der Waals surface area contributed by atoms with Crippen molar-refractivity contribution in [3.8, 4) is 0 Å². The minimum Gasteiger partial charge on any atom is -0.399 e. The van der Waals surface area contributed by atoms with Crippen molar-refractivity contribution in [3.63, 3.8) is 0 Å². The molecule has 0 saturated heterocycles. The number of anilines is 2. The Kier molecular flexibility index (Phi) is 5.75. The molecule has 0 spiro atoms. The molecule has 1 aromatic rings. The fourth-order valence-electron chi connectivity index (χ4n) is 1.93. The van der Waals surface area contributed by atoms with Crippen molar-refractivity contribution in [3.05, 3.63) is 17.7 Å². The quantitative estimate of drug-likeness (QED) is 0.526. The lowest BCUT2D eigenvalue weighted by molar-refractivity contribution is 0.170. The van der Waals surface area contributed by atoms with Crippen molar-refractivity contribution in [1.29, 1.82) is 0 Å². The van der Waals surface area contributed by atoms with Crippen LogP contribution in [-0.2, 0) is 14.8 Å². The molecule has 1 rings (SSSR count). The summed E-state index contributed by atoms with van der Waals surface area (Å²) in [5.41, 5.74) is 7.05. The largest absolute Gasteiger partial charge is 0.399 e. The highest BCUT2D eigenvalue weighted by atomic mass is 32.2. The van der Waals surface area contributed by atoms with Gasteiger partial charge in [0.1, 0.15) is 0 Å². The van der Waals surface area contributed by atoms with Gasteiger partial charge in [0, 0.05) is 25.1 Å². The van der Waals surface area contributed by atoms with E-state index in [-0.39, 0.29) is 17.5 Å². The highest BCUT2D eigenvalue weighted by Gasteiger charge is 2.17. The fraction of sp³-hybridized carbons (Fsp3) is 0.500. The third-order valence-corrected chi connectivity index (χ3v) is 3.93. The zero-order chi connectivity index (χ0) is 15.3. The van der Waals surface area contributed by atoms with E-state index in [0.717, 1.165) is 0 Å². The molecule has 8 heteroatoms. The molecule has 0 aliphatic rings. The van der Waals surface area contributed by atoms with Crippen LogP contribution in [-0.4, -0.2) is 39.9 Å². The number of aliphatic hydroxyl groups is 1. The molecule has 1 aromatic carbocycles. The van der Waals surface area contributed by atoms with Crippen molar-refractivity contribution in [1.82, 2.24) is 0 Å². The molecule has 7 nitrogen and oxygen atoms in total. The monoisotopic (exact) mass is 303 g/mol. The van der Waals surface area contributed by atoms with Crippen LogP contribution in [0, 0.1) is 6.92 Å². The molecule has 1 atom stereocenters. The number of ether oxygens (including phenoxy) is 1. The summed E-state index contributed by atoms with van der Waals surface area (Å²) in [6.07, 6.45) is 0.465. The predicted octanol–water partition coefficient (Wildman–Crippen LogP) is 0.0339. The molecule has 0 saturated carbocycles. The lowest BCUT2D eigenvalue weighted by Gasteiger charge is -2.21. The molecule has 20 heavy (non-hydrogen) atoms. The number of rotatable bonds is 7. The first-order valence-electron chi connectivity index (χ1n) is 6.08. The van der Waals surface area contributed by atoms with Crippen molar-refractivity contribution in [2.75, 3.05) is 31.4 Å². The molecule has 1 unspecified atom stereocenters. The van der Waals surface area contributed by atoms with E-state index in [2.05, 4.69) is 5.32 Å². The summed E-state index contributed by atoms with van der Waals surface area (Å²) in [4.78, 5) is -0.0137. The Hall–Kier alpha value is -1.35. The van der Waals surface area contributed by atoms with Crippen LogP contribution in [0.1, 0.15) is 12.0 Å². The van der Waals surface area contributed by atoms with E-state index in [4.69, 9.17) is 20.7 Å². The molecular weight excluding hydrogens is 282 g/mol. The average molecular weight is 303 g/mol. The normalized spacial score (nSPS) is 13.2. The number of aliphatic hydroxyl groups excluding tert-OH is 1. The number of hydrogen-bond acceptors (Lipinski definition) is 6. The number of primary sulfonamides is 1. The number of methoxy groups -OCH3 is 1. The Balaban J connectivity index is 3.15. The van der Waals surface area contributed by atoms with Crippen LogP contribution in [0.3, 0.4) is 0 Å². The molecule has 0 fully saturated rings. The molecule has 0 heterocycles. The van der Waals surface area contributed by atoms with Gasteiger partial charge in [-0.25, -0.2) is 13.6 Å². The number of nitrogen functional groups attached to an aromatic ring is 1. The molecule has 114 valence electrons. The van der Waals surface area contributed by atoms with Gasteiger partial charge < -0.3 is 20.9 Å². The molecule has 6 N–H and O–H groups in total. The second-order valence-corrected chi connectivity index (χ2v) is 6.08. The zero-order valence-corrected chi connectivity index (χ0v) is 12.4. The Morgan fingerprint density at radius 2 is 2.10 bits per heavy atom. The summed E-state index contributed by atoms with van der Waals surface area (Å²) in [7, 11) is -2.29. The summed E-state index contributed by atoms with van der Waals surface area (Å²) < 4.78 is 28.1. The molecule has 0 aromatic heterocycles. The van der Waals surface area contributed by atoms with Gasteiger partial charge in [-0.1, -0.05) is 0 Å². The van der Waals surface area contributed by atoms with Crippen molar-refractivity contribution in [2.24, 2.45) is 5.14 Å². The number of benzene rings is 1. The first-order chi connectivity index (χ1) is 9.29. The van der Waals surface area contributed by atoms with Gasteiger partial charge in [-0.2, -0.15) is 0 Å². The third kappa shape index (κ3) is 4.34. The first kappa shape index (κ1) is 16.7. The van der Waals surface area contributed by atoms with Gasteiger partial charge in [-0.3, -0.25) is 0 Å². The molecular formula is C12H21N3O4S. The maximum Gasteiger partial charge on any atom is 0.238 e. The van der Waals surface area contributed by atoms with E-state index in [9.17, 15) is 8.42 Å². The molecule has 0 aliphatic heterocycles. The predicted molar refractivity (Wildman–Crippen MR) is 78.0 cm³/mol. The second kappa shape index (κ2) is 6.89. The van der Waals surface area contributed by atoms with E-state index < -0.39 is 10.0 Å². The first-order valence-corrected chi connectivity index (χ1v) is 7.63. The minimum atomic E-state index is -3.84. The van der Waals surface area contributed by atoms with E-state index in [0.29, 0.717) is 30.0 Å². The highest BCUT2D eigenvalue weighted by Crippen LogP contribution is 2.26. The zero-order valence-electron chi connectivity index (χ0n) is 11.6. The minimum absolute atomic E-state index is 0.00949. The SMILES string of the molecule is COCC(CCO)Nc1cc(N)cc(S(N)(=O)=O)c1C. The smallest absolute Gasteiger partial charge is 0.238 e. The topological polar surface area (TPSA) is 128 Å². The third-order valence-electron chi connectivity index (χ3n) is 2.89. The van der Waals surface area contributed by atoms with Gasteiger partial charge in [0.2, 0.25) is 10.0 Å². The maximum absolute atomic E-state index is 11.5. The number of nitrogens with two attached hydrogens (primary N) is 2. The van der Waals surface area contributed by atoms with Crippen molar-refractivity contribution >= 4 is 21.4 Å². The van der Waals surface area contributed by atoms with Crippen LogP contribution in [0.4, 0.5) is 11.4 Å². The van der Waals surface area contributed by atoms with E-state index in [1.807, 2.05) is 0 Å². The molecule has 0 aliphatic carbocycles. The van der Waals surface area contributed by atoms with E-state index in [1.54, 1.807) is 20.1 Å². The molecule has 0 radical (unpaired) electrons. The summed E-state index contributed by atoms with van der Waals surface area (Å²) in [6.45, 7) is 2.01. The molecule has 0 bridgehead atoms. The Morgan fingerprint density at radius 3 is 2.60 bits per heavy atom.